The van der Waals surface area contributed by atoms with E-state index in [0.29, 0.717) is 19.6 Å². The van der Waals surface area contributed by atoms with Gasteiger partial charge in [-0.3, -0.25) is 9.59 Å². The molecule has 0 rings (SSSR count). The lowest BCUT2D eigenvalue weighted by Gasteiger charge is -2.27. The number of unbranched alkanes of at least 4 members (excludes halogenated alkanes) is 5. The van der Waals surface area contributed by atoms with Crippen molar-refractivity contribution in [3.8, 4) is 0 Å². The van der Waals surface area contributed by atoms with Crippen LogP contribution < -0.4 is 0 Å². The van der Waals surface area contributed by atoms with Crippen LogP contribution in [0.25, 0.3) is 0 Å². The molecule has 154 valence electrons. The average Bonchev–Trinajstić information content (AvgIpc) is 2.61. The van der Waals surface area contributed by atoms with Crippen molar-refractivity contribution in [2.24, 2.45) is 0 Å². The highest BCUT2D eigenvalue weighted by molar-refractivity contribution is 8.15. The molecule has 0 aromatic heterocycles. The molecule has 0 aliphatic rings. The van der Waals surface area contributed by atoms with Crippen molar-refractivity contribution in [3.63, 3.8) is 0 Å². The second-order valence-electron chi connectivity index (χ2n) is 6.92. The van der Waals surface area contributed by atoms with Crippen LogP contribution in [0, 0.1) is 0 Å². The van der Waals surface area contributed by atoms with Gasteiger partial charge < -0.3 is 8.85 Å². The van der Waals surface area contributed by atoms with Crippen molar-refractivity contribution in [2.45, 2.75) is 103 Å². The summed E-state index contributed by atoms with van der Waals surface area (Å²) in [6.45, 7) is 11.6. The summed E-state index contributed by atoms with van der Waals surface area (Å²) in [5.41, 5.74) is 0. The van der Waals surface area contributed by atoms with Crippen LogP contribution in [0.15, 0.2) is 0 Å². The summed E-state index contributed by atoms with van der Waals surface area (Å²) < 4.78 is 11.7. The molecule has 0 N–H and O–H groups in total. The van der Waals surface area contributed by atoms with E-state index in [0.717, 1.165) is 38.1 Å². The van der Waals surface area contributed by atoms with Gasteiger partial charge in [0.25, 0.3) is 5.12 Å². The predicted molar refractivity (Wildman–Crippen MR) is 114 cm³/mol. The van der Waals surface area contributed by atoms with Crippen molar-refractivity contribution in [1.29, 1.82) is 0 Å². The molecule has 0 fully saturated rings. The van der Waals surface area contributed by atoms with Crippen LogP contribution in [-0.2, 0) is 18.4 Å². The van der Waals surface area contributed by atoms with E-state index in [1.807, 2.05) is 13.8 Å². The summed E-state index contributed by atoms with van der Waals surface area (Å²) in [6, 6.07) is 0.860. The Balaban J connectivity index is 4.22. The minimum atomic E-state index is -2.15. The molecule has 0 aliphatic heterocycles. The fourth-order valence-corrected chi connectivity index (χ4v) is 6.57. The fraction of sp³-hybridized carbons (Fsp3) is 0.900. The lowest BCUT2D eigenvalue weighted by molar-refractivity contribution is -0.131. The minimum absolute atomic E-state index is 0.170. The third kappa shape index (κ3) is 12.3. The number of carbonyl (C=O) groups is 2. The molecule has 0 bridgehead atoms. The highest BCUT2D eigenvalue weighted by Crippen LogP contribution is 2.26. The van der Waals surface area contributed by atoms with E-state index in [-0.39, 0.29) is 16.1 Å². The van der Waals surface area contributed by atoms with Crippen LogP contribution in [0.3, 0.4) is 0 Å². The van der Waals surface area contributed by atoms with Gasteiger partial charge in [-0.05, 0) is 45.7 Å². The average molecular weight is 405 g/mol. The number of Topliss-reactive ketones (excluding diaryl/α,β-unsaturated/α-hetero) is 1. The standard InChI is InChI=1S/C20H40O4SSi/c1-6-10-11-12-13-14-15-19(21)20(22)25-18(7-2)16-17-26(5,23-8-3)24-9-4/h18H,6-17H2,1-5H3. The molecule has 0 aromatic rings. The van der Waals surface area contributed by atoms with Crippen LogP contribution in [0.1, 0.15) is 85.5 Å². The van der Waals surface area contributed by atoms with Crippen LogP contribution in [0.5, 0.6) is 0 Å². The first-order valence-corrected chi connectivity index (χ1v) is 13.8. The SMILES string of the molecule is CCCCCCCCC(=O)C(=O)SC(CC)CC[Si](C)(OCC)OCC. The molecule has 0 aromatic carbocycles. The van der Waals surface area contributed by atoms with E-state index in [1.165, 1.54) is 31.0 Å². The number of rotatable bonds is 17. The van der Waals surface area contributed by atoms with Crippen molar-refractivity contribution in [1.82, 2.24) is 0 Å². The third-order valence-corrected chi connectivity index (χ3v) is 8.87. The largest absolute Gasteiger partial charge is 0.395 e. The topological polar surface area (TPSA) is 52.6 Å². The molecule has 0 heterocycles. The number of hydrogen-bond acceptors (Lipinski definition) is 5. The van der Waals surface area contributed by atoms with Gasteiger partial charge in [-0.15, -0.1) is 0 Å². The molecule has 0 saturated carbocycles. The maximum Gasteiger partial charge on any atom is 0.334 e. The molecule has 1 unspecified atom stereocenters. The van der Waals surface area contributed by atoms with Crippen molar-refractivity contribution in [3.05, 3.63) is 0 Å². The Morgan fingerprint density at radius 3 is 2.04 bits per heavy atom. The highest BCUT2D eigenvalue weighted by Gasteiger charge is 2.32. The van der Waals surface area contributed by atoms with Gasteiger partial charge in [0.15, 0.2) is 0 Å². The van der Waals surface area contributed by atoms with Gasteiger partial charge >= 0.3 is 8.56 Å². The fourth-order valence-electron chi connectivity index (χ4n) is 2.95. The van der Waals surface area contributed by atoms with E-state index in [1.54, 1.807) is 0 Å². The van der Waals surface area contributed by atoms with Crippen molar-refractivity contribution in [2.75, 3.05) is 13.2 Å². The monoisotopic (exact) mass is 404 g/mol. The second kappa shape index (κ2) is 15.8. The number of thioether (sulfide) groups is 1. The molecular formula is C20H40O4SSi. The molecule has 0 spiro atoms. The van der Waals surface area contributed by atoms with Gasteiger partial charge in [0.1, 0.15) is 0 Å². The Morgan fingerprint density at radius 2 is 1.50 bits per heavy atom. The normalized spacial score (nSPS) is 13.0. The van der Waals surface area contributed by atoms with Crippen LogP contribution in [-0.4, -0.2) is 37.9 Å². The van der Waals surface area contributed by atoms with Gasteiger partial charge in [-0.2, -0.15) is 0 Å². The van der Waals surface area contributed by atoms with Crippen LogP contribution >= 0.6 is 11.8 Å². The summed E-state index contributed by atoms with van der Waals surface area (Å²) in [7, 11) is -2.15. The second-order valence-corrected chi connectivity index (χ2v) is 11.5. The van der Waals surface area contributed by atoms with E-state index in [4.69, 9.17) is 8.85 Å². The summed E-state index contributed by atoms with van der Waals surface area (Å²) in [5.74, 6) is -0.210. The molecule has 0 amide bonds. The van der Waals surface area contributed by atoms with Crippen molar-refractivity contribution >= 4 is 31.2 Å². The first-order chi connectivity index (χ1) is 12.4. The number of carbonyl (C=O) groups excluding carboxylic acids is 2. The summed E-state index contributed by atoms with van der Waals surface area (Å²) in [6.07, 6.45) is 8.90. The first-order valence-electron chi connectivity index (χ1n) is 10.4. The van der Waals surface area contributed by atoms with E-state index < -0.39 is 8.56 Å². The Bertz CT molecular complexity index is 384. The van der Waals surface area contributed by atoms with E-state index in [2.05, 4.69) is 20.4 Å². The lowest BCUT2D eigenvalue weighted by atomic mass is 10.1. The Hall–Kier alpha value is -0.173. The number of hydrogen-bond donors (Lipinski definition) is 0. The molecule has 4 nitrogen and oxygen atoms in total. The van der Waals surface area contributed by atoms with E-state index in [9.17, 15) is 9.59 Å². The Kier molecular flexibility index (Phi) is 15.7. The maximum atomic E-state index is 12.2. The van der Waals surface area contributed by atoms with Gasteiger partial charge in [0.2, 0.25) is 5.78 Å². The predicted octanol–water partition coefficient (Wildman–Crippen LogP) is 5.88. The quantitative estimate of drug-likeness (QED) is 0.172. The zero-order valence-electron chi connectivity index (χ0n) is 17.6. The Labute approximate surface area is 166 Å². The molecule has 0 saturated heterocycles. The smallest absolute Gasteiger partial charge is 0.334 e. The molecule has 6 heteroatoms. The van der Waals surface area contributed by atoms with Gasteiger partial charge in [0.05, 0.1) is 0 Å². The van der Waals surface area contributed by atoms with Crippen LogP contribution in [0.2, 0.25) is 12.6 Å². The zero-order valence-corrected chi connectivity index (χ0v) is 19.4. The molecule has 26 heavy (non-hydrogen) atoms. The third-order valence-electron chi connectivity index (χ3n) is 4.53. The van der Waals surface area contributed by atoms with Gasteiger partial charge in [-0.25, -0.2) is 0 Å². The van der Waals surface area contributed by atoms with E-state index >= 15 is 0 Å². The lowest BCUT2D eigenvalue weighted by Crippen LogP contribution is -2.39. The van der Waals surface area contributed by atoms with Crippen molar-refractivity contribution < 1.29 is 18.4 Å². The maximum absolute atomic E-state index is 12.2. The highest BCUT2D eigenvalue weighted by atomic mass is 32.2. The summed E-state index contributed by atoms with van der Waals surface area (Å²) in [4.78, 5) is 24.3. The Morgan fingerprint density at radius 1 is 0.923 bits per heavy atom. The minimum Gasteiger partial charge on any atom is -0.395 e. The zero-order chi connectivity index (χ0) is 19.8. The molecule has 1 atom stereocenters. The van der Waals surface area contributed by atoms with Gasteiger partial charge in [-0.1, -0.05) is 57.7 Å². The van der Waals surface area contributed by atoms with Gasteiger partial charge in [0, 0.05) is 24.9 Å². The number of ketones is 1. The first kappa shape index (κ1) is 25.8. The molecular weight excluding hydrogens is 364 g/mol. The summed E-state index contributed by atoms with van der Waals surface area (Å²) >= 11 is 1.22. The molecule has 0 radical (unpaired) electrons. The molecule has 0 aliphatic carbocycles. The summed E-state index contributed by atoms with van der Waals surface area (Å²) in [5, 5.41) is -0.0923. The van der Waals surface area contributed by atoms with Crippen LogP contribution in [0.4, 0.5) is 0 Å².